The molecule has 1 aliphatic carbocycles. The van der Waals surface area contributed by atoms with Crippen molar-refractivity contribution in [2.75, 3.05) is 31.6 Å². The van der Waals surface area contributed by atoms with Crippen molar-refractivity contribution in [3.05, 3.63) is 38.9 Å². The van der Waals surface area contributed by atoms with Crippen molar-refractivity contribution in [1.82, 2.24) is 9.88 Å². The van der Waals surface area contributed by atoms with Crippen molar-refractivity contribution in [2.24, 2.45) is 0 Å². The number of thiazole rings is 1. The summed E-state index contributed by atoms with van der Waals surface area (Å²) in [5, 5.41) is 15.2. The first kappa shape index (κ1) is 18.2. The van der Waals surface area contributed by atoms with Gasteiger partial charge in [0.15, 0.2) is 5.13 Å². The number of nitrogens with zero attached hydrogens (tertiary/aromatic N) is 2. The number of aryl methyl sites for hydroxylation is 1. The molecule has 140 valence electrons. The molecule has 1 unspecified atom stereocenters. The topological polar surface area (TPSA) is 57.6 Å². The lowest BCUT2D eigenvalue weighted by molar-refractivity contribution is 0.0341. The third-order valence-corrected chi connectivity index (χ3v) is 6.59. The summed E-state index contributed by atoms with van der Waals surface area (Å²) >= 11 is 8.14. The number of aliphatic hydroxyl groups is 1. The average molecular weight is 394 g/mol. The van der Waals surface area contributed by atoms with Gasteiger partial charge in [-0.2, -0.15) is 0 Å². The standard InChI is InChI=1S/C19H24ClN3O2S/c1-12-13(11-23-7-9-25-10-8-23)14(20)5-6-15(12)21-19-22-18-16(24)3-2-4-17(18)26-19/h5-6,16,24H,2-4,7-11H2,1H3,(H,21,22). The fourth-order valence-corrected chi connectivity index (χ4v) is 4.94. The normalized spacial score (nSPS) is 20.8. The molecule has 0 bridgehead atoms. The van der Waals surface area contributed by atoms with Gasteiger partial charge in [-0.25, -0.2) is 4.98 Å². The minimum absolute atomic E-state index is 0.422. The number of halogens is 1. The monoisotopic (exact) mass is 393 g/mol. The molecule has 2 aromatic rings. The molecule has 1 aromatic carbocycles. The third kappa shape index (κ3) is 3.75. The fraction of sp³-hybridized carbons (Fsp3) is 0.526. The summed E-state index contributed by atoms with van der Waals surface area (Å²) in [6.07, 6.45) is 2.42. The summed E-state index contributed by atoms with van der Waals surface area (Å²) in [5.41, 5.74) is 4.18. The van der Waals surface area contributed by atoms with Crippen molar-refractivity contribution in [3.8, 4) is 0 Å². The molecule has 1 atom stereocenters. The maximum Gasteiger partial charge on any atom is 0.187 e. The molecule has 2 N–H and O–H groups in total. The van der Waals surface area contributed by atoms with Crippen LogP contribution in [0.3, 0.4) is 0 Å². The Morgan fingerprint density at radius 3 is 2.96 bits per heavy atom. The van der Waals surface area contributed by atoms with E-state index in [0.717, 1.165) is 84.8 Å². The van der Waals surface area contributed by atoms with Gasteiger partial charge >= 0.3 is 0 Å². The number of benzene rings is 1. The van der Waals surface area contributed by atoms with Gasteiger partial charge in [0.25, 0.3) is 0 Å². The van der Waals surface area contributed by atoms with Gasteiger partial charge in [-0.15, -0.1) is 11.3 Å². The lowest BCUT2D eigenvalue weighted by Crippen LogP contribution is -2.35. The maximum atomic E-state index is 10.1. The molecule has 2 heterocycles. The van der Waals surface area contributed by atoms with Crippen LogP contribution in [0.1, 0.15) is 40.6 Å². The molecule has 0 spiro atoms. The van der Waals surface area contributed by atoms with E-state index in [1.807, 2.05) is 12.1 Å². The predicted octanol–water partition coefficient (Wildman–Crippen LogP) is 4.05. The molecule has 2 aliphatic rings. The van der Waals surface area contributed by atoms with Crippen LogP contribution in [0.2, 0.25) is 5.02 Å². The Bertz CT molecular complexity index is 789. The first-order chi connectivity index (χ1) is 12.6. The highest BCUT2D eigenvalue weighted by molar-refractivity contribution is 7.15. The van der Waals surface area contributed by atoms with Gasteiger partial charge in [0.1, 0.15) is 0 Å². The number of hydrogen-bond acceptors (Lipinski definition) is 6. The zero-order chi connectivity index (χ0) is 18.1. The second-order valence-electron chi connectivity index (χ2n) is 6.95. The average Bonchev–Trinajstić information content (AvgIpc) is 3.06. The van der Waals surface area contributed by atoms with Crippen LogP contribution in [0.5, 0.6) is 0 Å². The number of ether oxygens (including phenoxy) is 1. The number of rotatable bonds is 4. The van der Waals surface area contributed by atoms with Crippen LogP contribution in [-0.4, -0.2) is 41.3 Å². The van der Waals surface area contributed by atoms with Crippen LogP contribution < -0.4 is 5.32 Å². The minimum atomic E-state index is -0.422. The molecule has 4 rings (SSSR count). The minimum Gasteiger partial charge on any atom is -0.387 e. The molecule has 5 nitrogen and oxygen atoms in total. The Morgan fingerprint density at radius 1 is 1.38 bits per heavy atom. The summed E-state index contributed by atoms with van der Waals surface area (Å²) in [4.78, 5) is 8.21. The quantitative estimate of drug-likeness (QED) is 0.820. The van der Waals surface area contributed by atoms with Gasteiger partial charge < -0.3 is 15.2 Å². The van der Waals surface area contributed by atoms with Crippen LogP contribution in [-0.2, 0) is 17.7 Å². The smallest absolute Gasteiger partial charge is 0.187 e. The number of hydrogen-bond donors (Lipinski definition) is 2. The molecule has 1 aromatic heterocycles. The molecule has 1 aliphatic heterocycles. The lowest BCUT2D eigenvalue weighted by Gasteiger charge is -2.28. The van der Waals surface area contributed by atoms with Crippen molar-refractivity contribution >= 4 is 33.8 Å². The highest BCUT2D eigenvalue weighted by atomic mass is 35.5. The van der Waals surface area contributed by atoms with Gasteiger partial charge in [-0.05, 0) is 49.4 Å². The van der Waals surface area contributed by atoms with Gasteiger partial charge in [-0.1, -0.05) is 11.6 Å². The van der Waals surface area contributed by atoms with Crippen molar-refractivity contribution < 1.29 is 9.84 Å². The van der Waals surface area contributed by atoms with Gasteiger partial charge in [-0.3, -0.25) is 4.90 Å². The Labute approximate surface area is 163 Å². The Morgan fingerprint density at radius 2 is 2.19 bits per heavy atom. The summed E-state index contributed by atoms with van der Waals surface area (Å²) in [5.74, 6) is 0. The molecule has 0 saturated carbocycles. The van der Waals surface area contributed by atoms with E-state index in [4.69, 9.17) is 16.3 Å². The number of nitrogens with one attached hydrogen (secondary N) is 1. The van der Waals surface area contributed by atoms with E-state index in [-0.39, 0.29) is 0 Å². The highest BCUT2D eigenvalue weighted by Crippen LogP contribution is 2.37. The van der Waals surface area contributed by atoms with Crippen molar-refractivity contribution in [3.63, 3.8) is 0 Å². The van der Waals surface area contributed by atoms with E-state index in [0.29, 0.717) is 0 Å². The zero-order valence-electron chi connectivity index (χ0n) is 14.9. The summed E-state index contributed by atoms with van der Waals surface area (Å²) < 4.78 is 5.43. The Kier molecular flexibility index (Phi) is 5.47. The number of aromatic nitrogens is 1. The van der Waals surface area contributed by atoms with Gasteiger partial charge in [0.2, 0.25) is 0 Å². The second-order valence-corrected chi connectivity index (χ2v) is 8.44. The molecule has 0 amide bonds. The maximum absolute atomic E-state index is 10.1. The van der Waals surface area contributed by atoms with Crippen LogP contribution >= 0.6 is 22.9 Å². The van der Waals surface area contributed by atoms with Crippen LogP contribution in [0.4, 0.5) is 10.8 Å². The number of morpholine rings is 1. The van der Waals surface area contributed by atoms with Crippen LogP contribution in [0.25, 0.3) is 0 Å². The molecule has 7 heteroatoms. The third-order valence-electron chi connectivity index (χ3n) is 5.19. The van der Waals surface area contributed by atoms with E-state index in [9.17, 15) is 5.11 Å². The molecule has 1 fully saturated rings. The van der Waals surface area contributed by atoms with E-state index in [2.05, 4.69) is 22.1 Å². The van der Waals surface area contributed by atoms with E-state index < -0.39 is 6.10 Å². The lowest BCUT2D eigenvalue weighted by atomic mass is 10.0. The van der Waals surface area contributed by atoms with Crippen LogP contribution in [0.15, 0.2) is 12.1 Å². The highest BCUT2D eigenvalue weighted by Gasteiger charge is 2.23. The van der Waals surface area contributed by atoms with E-state index >= 15 is 0 Å². The number of fused-ring (bicyclic) bond motifs is 1. The molecule has 26 heavy (non-hydrogen) atoms. The van der Waals surface area contributed by atoms with Crippen molar-refractivity contribution in [2.45, 2.75) is 38.8 Å². The second kappa shape index (κ2) is 7.82. The first-order valence-electron chi connectivity index (χ1n) is 9.14. The van der Waals surface area contributed by atoms with E-state index in [1.54, 1.807) is 11.3 Å². The fourth-order valence-electron chi connectivity index (χ4n) is 3.60. The van der Waals surface area contributed by atoms with Gasteiger partial charge in [0, 0.05) is 35.2 Å². The SMILES string of the molecule is Cc1c(Nc2nc3c(s2)CCCC3O)ccc(Cl)c1CN1CCOCC1. The molecule has 0 radical (unpaired) electrons. The van der Waals surface area contributed by atoms with Crippen molar-refractivity contribution in [1.29, 1.82) is 0 Å². The number of anilines is 2. The Balaban J connectivity index is 1.56. The first-order valence-corrected chi connectivity index (χ1v) is 10.3. The zero-order valence-corrected chi connectivity index (χ0v) is 16.5. The summed E-state index contributed by atoms with van der Waals surface area (Å²) in [6, 6.07) is 3.96. The Hall–Kier alpha value is -1.18. The van der Waals surface area contributed by atoms with Gasteiger partial charge in [0.05, 0.1) is 25.0 Å². The summed E-state index contributed by atoms with van der Waals surface area (Å²) in [7, 11) is 0. The molecular formula is C19H24ClN3O2S. The predicted molar refractivity (Wildman–Crippen MR) is 106 cm³/mol. The number of aliphatic hydroxyl groups excluding tert-OH is 1. The van der Waals surface area contributed by atoms with E-state index in [1.165, 1.54) is 4.88 Å². The molecular weight excluding hydrogens is 370 g/mol. The molecule has 1 saturated heterocycles. The van der Waals surface area contributed by atoms with Crippen LogP contribution in [0, 0.1) is 6.92 Å². The largest absolute Gasteiger partial charge is 0.387 e. The summed E-state index contributed by atoms with van der Waals surface area (Å²) in [6.45, 7) is 6.36.